The first kappa shape index (κ1) is 22.8. The van der Waals surface area contributed by atoms with Gasteiger partial charge in [0.2, 0.25) is 16.0 Å². The second-order valence-electron chi connectivity index (χ2n) is 9.25. The van der Waals surface area contributed by atoms with E-state index in [1.165, 1.54) is 16.9 Å². The van der Waals surface area contributed by atoms with Crippen molar-refractivity contribution < 1.29 is 4.79 Å². The molecule has 0 aliphatic heterocycles. The number of carbonyl (C=O) groups excluding carboxylic acids is 1. The lowest BCUT2D eigenvalue weighted by molar-refractivity contribution is -0.119. The molecule has 0 saturated carbocycles. The topological polar surface area (TPSA) is 74.6 Å². The Hall–Kier alpha value is -3.39. The van der Waals surface area contributed by atoms with Crippen LogP contribution in [0.3, 0.4) is 0 Å². The van der Waals surface area contributed by atoms with E-state index in [-0.39, 0.29) is 18.0 Å². The molecule has 172 valence electrons. The summed E-state index contributed by atoms with van der Waals surface area (Å²) in [5.74, 6) is 0.798. The van der Waals surface area contributed by atoms with E-state index in [1.54, 1.807) is 0 Å². The van der Waals surface area contributed by atoms with Crippen LogP contribution in [0, 0.1) is 6.92 Å². The zero-order valence-corrected chi connectivity index (χ0v) is 20.5. The standard InChI is InChI=1S/C25H30N6OS/c1-17-11-13-18(14-12-17)15-26-20(32)16-30(5)24-29-31-22(28-25(2,3)4)21(27-23(31)33-24)19-9-7-6-8-10-19/h6-14,28H,15-16H2,1-5H3,(H,26,32). The van der Waals surface area contributed by atoms with E-state index in [4.69, 9.17) is 10.1 Å². The van der Waals surface area contributed by atoms with Crippen LogP contribution in [0.2, 0.25) is 0 Å². The molecule has 2 aromatic heterocycles. The van der Waals surface area contributed by atoms with Crippen LogP contribution in [-0.4, -0.2) is 39.6 Å². The molecule has 2 aromatic carbocycles. The third-order valence-electron chi connectivity index (χ3n) is 5.05. The summed E-state index contributed by atoms with van der Waals surface area (Å²) in [6.07, 6.45) is 0. The summed E-state index contributed by atoms with van der Waals surface area (Å²) in [6.45, 7) is 9.11. The smallest absolute Gasteiger partial charge is 0.239 e. The molecule has 1 amide bonds. The van der Waals surface area contributed by atoms with E-state index in [9.17, 15) is 4.79 Å². The molecule has 0 unspecified atom stereocenters. The molecule has 0 bridgehead atoms. The van der Waals surface area contributed by atoms with Gasteiger partial charge in [-0.05, 0) is 33.3 Å². The molecule has 0 saturated heterocycles. The van der Waals surface area contributed by atoms with Gasteiger partial charge in [0.15, 0.2) is 5.82 Å². The first-order valence-corrected chi connectivity index (χ1v) is 11.8. The number of hydrogen-bond acceptors (Lipinski definition) is 6. The molecule has 2 heterocycles. The van der Waals surface area contributed by atoms with Crippen molar-refractivity contribution in [1.29, 1.82) is 0 Å². The lowest BCUT2D eigenvalue weighted by atomic mass is 10.1. The van der Waals surface area contributed by atoms with Crippen molar-refractivity contribution in [2.24, 2.45) is 0 Å². The van der Waals surface area contributed by atoms with Crippen LogP contribution in [0.4, 0.5) is 10.9 Å². The third kappa shape index (κ3) is 5.51. The number of aromatic nitrogens is 3. The molecule has 2 N–H and O–H groups in total. The fraction of sp³-hybridized carbons (Fsp3) is 0.320. The molecule has 4 aromatic rings. The molecule has 7 nitrogen and oxygen atoms in total. The number of rotatable bonds is 7. The number of nitrogens with one attached hydrogen (secondary N) is 2. The zero-order valence-electron chi connectivity index (χ0n) is 19.7. The van der Waals surface area contributed by atoms with Gasteiger partial charge in [-0.15, -0.1) is 5.10 Å². The van der Waals surface area contributed by atoms with E-state index in [0.717, 1.165) is 32.7 Å². The van der Waals surface area contributed by atoms with Crippen molar-refractivity contribution >= 4 is 33.2 Å². The van der Waals surface area contributed by atoms with Crippen molar-refractivity contribution in [2.75, 3.05) is 23.8 Å². The molecule has 0 radical (unpaired) electrons. The Labute approximate surface area is 198 Å². The minimum atomic E-state index is -0.162. The summed E-state index contributed by atoms with van der Waals surface area (Å²) in [7, 11) is 1.87. The molecule has 4 rings (SSSR count). The highest BCUT2D eigenvalue weighted by atomic mass is 32.1. The van der Waals surface area contributed by atoms with Gasteiger partial charge in [-0.1, -0.05) is 71.5 Å². The molecule has 33 heavy (non-hydrogen) atoms. The Balaban J connectivity index is 1.52. The number of carbonyl (C=O) groups is 1. The van der Waals surface area contributed by atoms with E-state index < -0.39 is 0 Å². The number of benzene rings is 2. The predicted molar refractivity (Wildman–Crippen MR) is 136 cm³/mol. The summed E-state index contributed by atoms with van der Waals surface area (Å²) in [5, 5.41) is 12.1. The van der Waals surface area contributed by atoms with Crippen LogP contribution in [0.15, 0.2) is 54.6 Å². The predicted octanol–water partition coefficient (Wildman–Crippen LogP) is 4.73. The molecule has 0 aliphatic rings. The average Bonchev–Trinajstić information content (AvgIpc) is 3.32. The van der Waals surface area contributed by atoms with Gasteiger partial charge < -0.3 is 15.5 Å². The summed E-state index contributed by atoms with van der Waals surface area (Å²) in [4.78, 5) is 20.0. The van der Waals surface area contributed by atoms with Crippen LogP contribution in [0.5, 0.6) is 0 Å². The van der Waals surface area contributed by atoms with Crippen molar-refractivity contribution in [1.82, 2.24) is 19.9 Å². The average molecular weight is 463 g/mol. The first-order valence-electron chi connectivity index (χ1n) is 11.0. The van der Waals surface area contributed by atoms with Gasteiger partial charge in [-0.3, -0.25) is 4.79 Å². The molecule has 0 atom stereocenters. The number of aryl methyl sites for hydroxylation is 1. The van der Waals surface area contributed by atoms with Gasteiger partial charge in [-0.2, -0.15) is 4.52 Å². The molecule has 0 aliphatic carbocycles. The number of hydrogen-bond donors (Lipinski definition) is 2. The molecule has 0 spiro atoms. The van der Waals surface area contributed by atoms with E-state index in [2.05, 4.69) is 31.4 Å². The maximum atomic E-state index is 12.5. The van der Waals surface area contributed by atoms with Crippen LogP contribution in [-0.2, 0) is 11.3 Å². The van der Waals surface area contributed by atoms with E-state index >= 15 is 0 Å². The van der Waals surface area contributed by atoms with Crippen LogP contribution in [0.1, 0.15) is 31.9 Å². The molecular weight excluding hydrogens is 432 g/mol. The largest absolute Gasteiger partial charge is 0.364 e. The van der Waals surface area contributed by atoms with Crippen LogP contribution >= 0.6 is 11.3 Å². The summed E-state index contributed by atoms with van der Waals surface area (Å²) >= 11 is 1.47. The quantitative estimate of drug-likeness (QED) is 0.415. The lowest BCUT2D eigenvalue weighted by Gasteiger charge is -2.22. The number of anilines is 2. The van der Waals surface area contributed by atoms with Crippen LogP contribution < -0.4 is 15.5 Å². The van der Waals surface area contributed by atoms with Crippen molar-refractivity contribution in [3.05, 3.63) is 65.7 Å². The Morgan fingerprint density at radius 1 is 1.09 bits per heavy atom. The van der Waals surface area contributed by atoms with Gasteiger partial charge in [0.25, 0.3) is 0 Å². The normalized spacial score (nSPS) is 11.5. The lowest BCUT2D eigenvalue weighted by Crippen LogP contribution is -2.34. The second kappa shape index (κ2) is 9.23. The summed E-state index contributed by atoms with van der Waals surface area (Å²) in [6, 6.07) is 18.3. The maximum Gasteiger partial charge on any atom is 0.239 e. The number of nitrogens with zero attached hydrogens (tertiary/aromatic N) is 4. The van der Waals surface area contributed by atoms with Crippen molar-refractivity contribution in [2.45, 2.75) is 39.8 Å². The first-order chi connectivity index (χ1) is 15.7. The number of imidazole rings is 1. The Morgan fingerprint density at radius 3 is 2.45 bits per heavy atom. The van der Waals surface area contributed by atoms with Gasteiger partial charge in [0.05, 0.1) is 6.54 Å². The summed E-state index contributed by atoms with van der Waals surface area (Å²) < 4.78 is 1.84. The fourth-order valence-corrected chi connectivity index (χ4v) is 4.26. The number of likely N-dealkylation sites (N-methyl/N-ethyl adjacent to an activating group) is 1. The highest BCUT2D eigenvalue weighted by Gasteiger charge is 2.23. The third-order valence-corrected chi connectivity index (χ3v) is 6.07. The van der Waals surface area contributed by atoms with Gasteiger partial charge in [-0.25, -0.2) is 4.98 Å². The van der Waals surface area contributed by atoms with Gasteiger partial charge in [0, 0.05) is 24.7 Å². The molecular formula is C25H30N6OS. The fourth-order valence-electron chi connectivity index (χ4n) is 3.40. The highest BCUT2D eigenvalue weighted by Crippen LogP contribution is 2.34. The highest BCUT2D eigenvalue weighted by molar-refractivity contribution is 7.20. The summed E-state index contributed by atoms with van der Waals surface area (Å²) in [5.41, 5.74) is 4.03. The Bertz CT molecular complexity index is 1240. The van der Waals surface area contributed by atoms with Crippen LogP contribution in [0.25, 0.3) is 16.2 Å². The monoisotopic (exact) mass is 462 g/mol. The van der Waals surface area contributed by atoms with E-state index in [0.29, 0.717) is 6.54 Å². The SMILES string of the molecule is Cc1ccc(CNC(=O)CN(C)c2nn3c(NC(C)(C)C)c(-c4ccccc4)nc3s2)cc1. The number of amides is 1. The maximum absolute atomic E-state index is 12.5. The van der Waals surface area contributed by atoms with Gasteiger partial charge in [0.1, 0.15) is 5.69 Å². The minimum Gasteiger partial charge on any atom is -0.364 e. The second-order valence-corrected chi connectivity index (χ2v) is 10.2. The van der Waals surface area contributed by atoms with Crippen molar-refractivity contribution in [3.63, 3.8) is 0 Å². The minimum absolute atomic E-state index is 0.0519. The Kier molecular flexibility index (Phi) is 6.37. The van der Waals surface area contributed by atoms with E-state index in [1.807, 2.05) is 78.0 Å². The molecule has 8 heteroatoms. The van der Waals surface area contributed by atoms with Crippen molar-refractivity contribution in [3.8, 4) is 11.3 Å². The Morgan fingerprint density at radius 2 is 1.79 bits per heavy atom. The molecule has 0 fully saturated rings. The number of fused-ring (bicyclic) bond motifs is 1. The zero-order chi connectivity index (χ0) is 23.6. The van der Waals surface area contributed by atoms with Gasteiger partial charge >= 0.3 is 0 Å².